The molecule has 0 aliphatic heterocycles. The normalized spacial score (nSPS) is 11.4. The van der Waals surface area contributed by atoms with Gasteiger partial charge in [-0.1, -0.05) is 17.4 Å². The second kappa shape index (κ2) is 4.30. The number of hydrogen-bond donors (Lipinski definition) is 2. The third kappa shape index (κ3) is 2.53. The number of sulfonamides is 1. The Morgan fingerprint density at radius 3 is 2.71 bits per heavy atom. The fourth-order valence-corrected chi connectivity index (χ4v) is 3.56. The Labute approximate surface area is 101 Å². The van der Waals surface area contributed by atoms with Crippen LogP contribution < -0.4 is 9.60 Å². The molecule has 17 heavy (non-hydrogen) atoms. The highest BCUT2D eigenvalue weighted by atomic mass is 32.2. The summed E-state index contributed by atoms with van der Waals surface area (Å²) in [4.78, 5) is 16.9. The number of pyridine rings is 1. The molecule has 6 nitrogen and oxygen atoms in total. The van der Waals surface area contributed by atoms with Gasteiger partial charge in [0.25, 0.3) is 10.0 Å². The van der Waals surface area contributed by atoms with Crippen LogP contribution in [-0.2, 0) is 10.0 Å². The summed E-state index contributed by atoms with van der Waals surface area (Å²) in [6.07, 6.45) is 1.48. The molecule has 2 heterocycles. The van der Waals surface area contributed by atoms with Gasteiger partial charge in [0.2, 0.25) is 0 Å². The summed E-state index contributed by atoms with van der Waals surface area (Å²) >= 11 is 0.651. The van der Waals surface area contributed by atoms with Crippen molar-refractivity contribution >= 4 is 27.2 Å². The summed E-state index contributed by atoms with van der Waals surface area (Å²) in [5.74, 6) is 0.216. The zero-order chi connectivity index (χ0) is 12.5. The summed E-state index contributed by atoms with van der Waals surface area (Å²) in [6.45, 7) is 1.53. The summed E-state index contributed by atoms with van der Waals surface area (Å²) in [5, 5.41) is 0. The zero-order valence-electron chi connectivity index (χ0n) is 8.80. The number of aromatic nitrogens is 2. The van der Waals surface area contributed by atoms with Gasteiger partial charge in [-0.2, -0.15) is 0 Å². The van der Waals surface area contributed by atoms with Crippen molar-refractivity contribution in [3.05, 3.63) is 39.8 Å². The van der Waals surface area contributed by atoms with Crippen molar-refractivity contribution < 1.29 is 8.42 Å². The van der Waals surface area contributed by atoms with E-state index in [-0.39, 0.29) is 10.0 Å². The molecule has 0 saturated carbocycles. The number of rotatable bonds is 3. The summed E-state index contributed by atoms with van der Waals surface area (Å²) in [6, 6.07) is 4.87. The van der Waals surface area contributed by atoms with Gasteiger partial charge in [0, 0.05) is 11.9 Å². The van der Waals surface area contributed by atoms with E-state index in [1.165, 1.54) is 19.2 Å². The molecule has 0 aliphatic rings. The molecule has 0 spiro atoms. The van der Waals surface area contributed by atoms with Gasteiger partial charge >= 0.3 is 4.87 Å². The Morgan fingerprint density at radius 1 is 1.41 bits per heavy atom. The molecule has 0 aromatic carbocycles. The number of H-pyrrole nitrogens is 1. The molecule has 8 heteroatoms. The fourth-order valence-electron chi connectivity index (χ4n) is 1.25. The molecule has 2 N–H and O–H groups in total. The quantitative estimate of drug-likeness (QED) is 0.869. The van der Waals surface area contributed by atoms with Crippen molar-refractivity contribution in [1.29, 1.82) is 0 Å². The average molecular weight is 271 g/mol. The minimum absolute atomic E-state index is 0.0202. The lowest BCUT2D eigenvalue weighted by molar-refractivity contribution is 0.602. The van der Waals surface area contributed by atoms with Crippen LogP contribution in [0.2, 0.25) is 0 Å². The predicted octanol–water partition coefficient (Wildman–Crippen LogP) is 0.941. The number of aromatic amines is 1. The third-order valence-corrected chi connectivity index (χ3v) is 4.89. The second-order valence-corrected chi connectivity index (χ2v) is 6.11. The number of aryl methyl sites for hydroxylation is 1. The van der Waals surface area contributed by atoms with E-state index in [4.69, 9.17) is 0 Å². The first-order valence-electron chi connectivity index (χ1n) is 4.62. The molecule has 0 aliphatic carbocycles. The molecule has 0 radical (unpaired) electrons. The van der Waals surface area contributed by atoms with Crippen molar-refractivity contribution in [2.75, 3.05) is 4.72 Å². The molecule has 0 amide bonds. The van der Waals surface area contributed by atoms with Crippen LogP contribution >= 0.6 is 11.3 Å². The lowest BCUT2D eigenvalue weighted by Gasteiger charge is -2.04. The lowest BCUT2D eigenvalue weighted by Crippen LogP contribution is -2.13. The molecular weight excluding hydrogens is 262 g/mol. The maximum Gasteiger partial charge on any atom is 0.306 e. The Bertz CT molecular complexity index is 673. The fraction of sp³-hybridized carbons (Fsp3) is 0.111. The highest BCUT2D eigenvalue weighted by molar-refractivity contribution is 7.94. The number of anilines is 1. The first-order valence-corrected chi connectivity index (χ1v) is 6.92. The standard InChI is InChI=1S/C9H9N3O3S2/c1-6-8(16-9(13)11-6)17(14,15)12-7-4-2-3-5-10-7/h2-5H,1H3,(H,10,12)(H,11,13). The first kappa shape index (κ1) is 11.8. The minimum atomic E-state index is -3.75. The topological polar surface area (TPSA) is 91.9 Å². The largest absolute Gasteiger partial charge is 0.315 e. The van der Waals surface area contributed by atoms with Crippen molar-refractivity contribution in [2.45, 2.75) is 11.1 Å². The number of hydrogen-bond acceptors (Lipinski definition) is 5. The van der Waals surface area contributed by atoms with E-state index in [0.29, 0.717) is 17.0 Å². The Kier molecular flexibility index (Phi) is 2.99. The van der Waals surface area contributed by atoms with Gasteiger partial charge < -0.3 is 4.98 Å². The van der Waals surface area contributed by atoms with Gasteiger partial charge in [0.15, 0.2) is 4.21 Å². The molecule has 2 aromatic rings. The molecule has 0 unspecified atom stereocenters. The Morgan fingerprint density at radius 2 is 2.18 bits per heavy atom. The highest BCUT2D eigenvalue weighted by Gasteiger charge is 2.20. The van der Waals surface area contributed by atoms with Crippen LogP contribution in [0.4, 0.5) is 5.82 Å². The van der Waals surface area contributed by atoms with Gasteiger partial charge in [-0.25, -0.2) is 13.4 Å². The molecule has 2 rings (SSSR count). The van der Waals surface area contributed by atoms with Gasteiger partial charge in [-0.05, 0) is 19.1 Å². The number of nitrogens with one attached hydrogen (secondary N) is 2. The Balaban J connectivity index is 2.38. The molecule has 0 atom stereocenters. The lowest BCUT2D eigenvalue weighted by atomic mass is 10.5. The van der Waals surface area contributed by atoms with Crippen molar-refractivity contribution in [3.8, 4) is 0 Å². The molecule has 0 saturated heterocycles. The van der Waals surface area contributed by atoms with Gasteiger partial charge in [0.05, 0.1) is 0 Å². The van der Waals surface area contributed by atoms with E-state index < -0.39 is 14.9 Å². The van der Waals surface area contributed by atoms with E-state index >= 15 is 0 Å². The summed E-state index contributed by atoms with van der Waals surface area (Å²) in [7, 11) is -3.75. The maximum absolute atomic E-state index is 11.9. The van der Waals surface area contributed by atoms with E-state index in [1.54, 1.807) is 12.1 Å². The van der Waals surface area contributed by atoms with Crippen LogP contribution in [0.1, 0.15) is 5.69 Å². The van der Waals surface area contributed by atoms with Crippen LogP contribution in [0.25, 0.3) is 0 Å². The first-order chi connectivity index (χ1) is 7.99. The smallest absolute Gasteiger partial charge is 0.306 e. The van der Waals surface area contributed by atoms with Gasteiger partial charge in [0.1, 0.15) is 5.82 Å². The molecule has 0 bridgehead atoms. The van der Waals surface area contributed by atoms with Crippen molar-refractivity contribution in [3.63, 3.8) is 0 Å². The molecule has 90 valence electrons. The summed E-state index contributed by atoms with van der Waals surface area (Å²) < 4.78 is 26.2. The average Bonchev–Trinajstić information content (AvgIpc) is 2.59. The van der Waals surface area contributed by atoms with E-state index in [1.807, 2.05) is 0 Å². The SMILES string of the molecule is Cc1[nH]c(=O)sc1S(=O)(=O)Nc1ccccn1. The van der Waals surface area contributed by atoms with Crippen LogP contribution in [0.15, 0.2) is 33.4 Å². The van der Waals surface area contributed by atoms with Crippen LogP contribution in [-0.4, -0.2) is 18.4 Å². The third-order valence-electron chi connectivity index (χ3n) is 1.93. The van der Waals surface area contributed by atoms with Crippen LogP contribution in [0.5, 0.6) is 0 Å². The van der Waals surface area contributed by atoms with E-state index in [2.05, 4.69) is 14.7 Å². The Hall–Kier alpha value is -1.67. The summed E-state index contributed by atoms with van der Waals surface area (Å²) in [5.41, 5.74) is 0.323. The van der Waals surface area contributed by atoms with Gasteiger partial charge in [-0.15, -0.1) is 0 Å². The van der Waals surface area contributed by atoms with Crippen LogP contribution in [0.3, 0.4) is 0 Å². The predicted molar refractivity (Wildman–Crippen MR) is 64.7 cm³/mol. The molecule has 0 fully saturated rings. The second-order valence-electron chi connectivity index (χ2n) is 3.25. The minimum Gasteiger partial charge on any atom is -0.315 e. The molecular formula is C9H9N3O3S2. The van der Waals surface area contributed by atoms with E-state index in [9.17, 15) is 13.2 Å². The number of thiazole rings is 1. The van der Waals surface area contributed by atoms with Crippen molar-refractivity contribution in [2.24, 2.45) is 0 Å². The zero-order valence-corrected chi connectivity index (χ0v) is 10.4. The number of nitrogens with zero attached hydrogens (tertiary/aromatic N) is 1. The molecule has 2 aromatic heterocycles. The van der Waals surface area contributed by atoms with Crippen LogP contribution in [0, 0.1) is 6.92 Å². The van der Waals surface area contributed by atoms with Crippen molar-refractivity contribution in [1.82, 2.24) is 9.97 Å². The highest BCUT2D eigenvalue weighted by Crippen LogP contribution is 2.18. The monoisotopic (exact) mass is 271 g/mol. The maximum atomic E-state index is 11.9. The van der Waals surface area contributed by atoms with E-state index in [0.717, 1.165) is 0 Å². The van der Waals surface area contributed by atoms with Gasteiger partial charge in [-0.3, -0.25) is 9.52 Å².